The maximum Gasteiger partial charge on any atom is 0.247 e. The van der Waals surface area contributed by atoms with E-state index in [0.29, 0.717) is 18.8 Å². The van der Waals surface area contributed by atoms with E-state index in [-0.39, 0.29) is 17.5 Å². The molecule has 7 nitrogen and oxygen atoms in total. The van der Waals surface area contributed by atoms with Crippen LogP contribution in [0.4, 0.5) is 0 Å². The Morgan fingerprint density at radius 1 is 1.10 bits per heavy atom. The largest absolute Gasteiger partial charge is 0.385 e. The molecule has 3 N–H and O–H groups in total. The fourth-order valence-corrected chi connectivity index (χ4v) is 5.94. The third-order valence-electron chi connectivity index (χ3n) is 8.02. The first-order valence-electron chi connectivity index (χ1n) is 14.3. The second kappa shape index (κ2) is 12.7. The van der Waals surface area contributed by atoms with Crippen molar-refractivity contribution in [2.45, 2.75) is 57.5 Å². The second-order valence-electron chi connectivity index (χ2n) is 11.1. The van der Waals surface area contributed by atoms with Crippen LogP contribution in [0.25, 0.3) is 22.0 Å². The molecule has 2 aromatic heterocycles. The normalized spacial score (nSPS) is 16.4. The molecule has 5 rings (SSSR count). The van der Waals surface area contributed by atoms with Crippen molar-refractivity contribution in [3.05, 3.63) is 94.0 Å². The van der Waals surface area contributed by atoms with Crippen LogP contribution in [0.5, 0.6) is 0 Å². The third-order valence-corrected chi connectivity index (χ3v) is 8.02. The number of hydrogen-bond acceptors (Lipinski definition) is 4. The summed E-state index contributed by atoms with van der Waals surface area (Å²) in [5, 5.41) is 1.26. The molecule has 1 fully saturated rings. The molecule has 2 atom stereocenters. The van der Waals surface area contributed by atoms with Crippen molar-refractivity contribution in [1.29, 1.82) is 0 Å². The molecule has 7 heteroatoms. The lowest BCUT2D eigenvalue weighted by Gasteiger charge is -2.34. The number of rotatable bonds is 10. The molecule has 3 heterocycles. The summed E-state index contributed by atoms with van der Waals surface area (Å²) in [7, 11) is 1.75. The Morgan fingerprint density at radius 3 is 2.65 bits per heavy atom. The summed E-state index contributed by atoms with van der Waals surface area (Å²) in [6, 6.07) is 20.2. The highest BCUT2D eigenvalue weighted by molar-refractivity contribution is 5.82. The Bertz CT molecular complexity index is 1480. The molecular weight excluding hydrogens is 500 g/mol. The topological polar surface area (TPSA) is 93.3 Å². The third kappa shape index (κ3) is 6.54. The summed E-state index contributed by atoms with van der Waals surface area (Å²) >= 11 is 0. The van der Waals surface area contributed by atoms with Gasteiger partial charge in [0.1, 0.15) is 0 Å². The summed E-state index contributed by atoms with van der Waals surface area (Å²) in [4.78, 5) is 29.4. The number of piperidine rings is 1. The molecule has 0 aliphatic carbocycles. The number of aromatic nitrogens is 2. The monoisotopic (exact) mass is 540 g/mol. The summed E-state index contributed by atoms with van der Waals surface area (Å²) in [6.07, 6.45) is 5.73. The number of carbonyl (C=O) groups excluding carboxylic acids is 1. The van der Waals surface area contributed by atoms with Crippen molar-refractivity contribution < 1.29 is 9.53 Å². The molecule has 210 valence electrons. The fraction of sp³-hybridized carbons (Fsp3) is 0.394. The van der Waals surface area contributed by atoms with Crippen LogP contribution in [0.15, 0.2) is 71.7 Å². The number of ether oxygens (including phenoxy) is 1. The molecule has 1 saturated heterocycles. The van der Waals surface area contributed by atoms with Gasteiger partial charge in [-0.15, -0.1) is 0 Å². The van der Waals surface area contributed by atoms with Gasteiger partial charge in [0.2, 0.25) is 11.5 Å². The van der Waals surface area contributed by atoms with Gasteiger partial charge in [0.25, 0.3) is 0 Å². The lowest BCUT2D eigenvalue weighted by molar-refractivity contribution is -0.132. The highest BCUT2D eigenvalue weighted by Crippen LogP contribution is 2.33. The van der Waals surface area contributed by atoms with Gasteiger partial charge in [0, 0.05) is 75.2 Å². The van der Waals surface area contributed by atoms with Gasteiger partial charge in [-0.1, -0.05) is 36.4 Å². The zero-order valence-corrected chi connectivity index (χ0v) is 23.6. The van der Waals surface area contributed by atoms with Crippen LogP contribution in [-0.4, -0.2) is 53.2 Å². The molecular formula is C33H40N4O3. The van der Waals surface area contributed by atoms with E-state index in [4.69, 9.17) is 10.5 Å². The fourth-order valence-electron chi connectivity index (χ4n) is 5.94. The van der Waals surface area contributed by atoms with E-state index in [1.165, 1.54) is 28.2 Å². The van der Waals surface area contributed by atoms with Crippen molar-refractivity contribution in [3.63, 3.8) is 0 Å². The minimum absolute atomic E-state index is 0.115. The number of fused-ring (bicyclic) bond motifs is 1. The highest BCUT2D eigenvalue weighted by atomic mass is 16.5. The van der Waals surface area contributed by atoms with Crippen molar-refractivity contribution in [1.82, 2.24) is 14.5 Å². The molecule has 4 aromatic rings. The number of benzene rings is 2. The predicted molar refractivity (Wildman–Crippen MR) is 161 cm³/mol. The zero-order valence-electron chi connectivity index (χ0n) is 23.6. The Kier molecular flexibility index (Phi) is 8.82. The molecule has 1 aliphatic rings. The first-order chi connectivity index (χ1) is 19.4. The number of nitrogens with two attached hydrogens (primary N) is 1. The second-order valence-corrected chi connectivity index (χ2v) is 11.1. The molecule has 40 heavy (non-hydrogen) atoms. The van der Waals surface area contributed by atoms with Crippen molar-refractivity contribution in [3.8, 4) is 11.1 Å². The molecule has 1 aliphatic heterocycles. The van der Waals surface area contributed by atoms with Gasteiger partial charge in [-0.25, -0.2) is 0 Å². The number of methoxy groups -OCH3 is 1. The standard InChI is InChI=1S/C33H40N4O3/c1-23-6-9-26-19-31(37(30(26)17-23)15-4-16-40-2)28-5-3-14-36(22-28)33(39)20-29(34)18-24-7-10-25(11-8-24)27-12-13-32(38)35-21-27/h6-13,17,19,21,28-29H,3-5,14-16,18,20,22,34H2,1-2H3,(H,35,38). The Morgan fingerprint density at radius 2 is 1.90 bits per heavy atom. The van der Waals surface area contributed by atoms with Crippen molar-refractivity contribution in [2.75, 3.05) is 26.8 Å². The van der Waals surface area contributed by atoms with E-state index in [9.17, 15) is 9.59 Å². The van der Waals surface area contributed by atoms with E-state index < -0.39 is 0 Å². The number of nitrogens with zero attached hydrogens (tertiary/aromatic N) is 2. The Hall–Kier alpha value is -3.68. The smallest absolute Gasteiger partial charge is 0.247 e. The molecule has 2 unspecified atom stereocenters. The van der Waals surface area contributed by atoms with E-state index >= 15 is 0 Å². The number of aryl methyl sites for hydroxylation is 2. The van der Waals surface area contributed by atoms with Crippen LogP contribution in [0, 0.1) is 6.92 Å². The van der Waals surface area contributed by atoms with Gasteiger partial charge < -0.3 is 24.9 Å². The summed E-state index contributed by atoms with van der Waals surface area (Å²) in [5.74, 6) is 0.449. The van der Waals surface area contributed by atoms with Crippen LogP contribution < -0.4 is 11.3 Å². The van der Waals surface area contributed by atoms with Crippen molar-refractivity contribution >= 4 is 16.8 Å². The molecule has 1 amide bonds. The Labute approximate surface area is 236 Å². The first kappa shape index (κ1) is 27.9. The lowest BCUT2D eigenvalue weighted by Crippen LogP contribution is -2.42. The van der Waals surface area contributed by atoms with Crippen LogP contribution >= 0.6 is 0 Å². The van der Waals surface area contributed by atoms with E-state index in [1.807, 2.05) is 35.2 Å². The number of aromatic amines is 1. The van der Waals surface area contributed by atoms with Gasteiger partial charge in [-0.3, -0.25) is 9.59 Å². The minimum Gasteiger partial charge on any atom is -0.385 e. The van der Waals surface area contributed by atoms with Crippen LogP contribution in [-0.2, 0) is 22.5 Å². The van der Waals surface area contributed by atoms with Gasteiger partial charge in [0.05, 0.1) is 0 Å². The number of hydrogen-bond donors (Lipinski definition) is 2. The summed E-state index contributed by atoms with van der Waals surface area (Å²) in [6.45, 7) is 5.30. The number of carbonyl (C=O) groups is 1. The average molecular weight is 541 g/mol. The molecule has 0 saturated carbocycles. The van der Waals surface area contributed by atoms with Crippen LogP contribution in [0.2, 0.25) is 0 Å². The van der Waals surface area contributed by atoms with Crippen LogP contribution in [0.1, 0.15) is 48.4 Å². The highest BCUT2D eigenvalue weighted by Gasteiger charge is 2.28. The Balaban J connectivity index is 1.22. The molecule has 2 aromatic carbocycles. The first-order valence-corrected chi connectivity index (χ1v) is 14.3. The molecule has 0 spiro atoms. The number of H-pyrrole nitrogens is 1. The zero-order chi connectivity index (χ0) is 28.1. The van der Waals surface area contributed by atoms with Crippen LogP contribution in [0.3, 0.4) is 0 Å². The van der Waals surface area contributed by atoms with Gasteiger partial charge in [-0.05, 0) is 78.4 Å². The van der Waals surface area contributed by atoms with Gasteiger partial charge in [0.15, 0.2) is 0 Å². The number of pyridine rings is 1. The van der Waals surface area contributed by atoms with Gasteiger partial charge >= 0.3 is 0 Å². The van der Waals surface area contributed by atoms with Crippen molar-refractivity contribution in [2.24, 2.45) is 5.73 Å². The number of amides is 1. The van der Waals surface area contributed by atoms with E-state index in [0.717, 1.165) is 62.2 Å². The average Bonchev–Trinajstić information content (AvgIpc) is 3.31. The maximum absolute atomic E-state index is 13.3. The molecule has 0 radical (unpaired) electrons. The summed E-state index contributed by atoms with van der Waals surface area (Å²) < 4.78 is 7.78. The SMILES string of the molecule is COCCCn1c(C2CCCN(C(=O)CC(N)Cc3ccc(-c4ccc(=O)[nH]c4)cc3)C2)cc2ccc(C)cc21. The minimum atomic E-state index is -0.240. The summed E-state index contributed by atoms with van der Waals surface area (Å²) in [5.41, 5.74) is 13.3. The molecule has 0 bridgehead atoms. The maximum atomic E-state index is 13.3. The number of likely N-dealkylation sites (tertiary alicyclic amines) is 1. The van der Waals surface area contributed by atoms with E-state index in [1.54, 1.807) is 13.3 Å². The quantitative estimate of drug-likeness (QED) is 0.277. The number of nitrogens with one attached hydrogen (secondary N) is 1. The van der Waals surface area contributed by atoms with Gasteiger partial charge in [-0.2, -0.15) is 0 Å². The predicted octanol–water partition coefficient (Wildman–Crippen LogP) is 5.01. The van der Waals surface area contributed by atoms with E-state index in [2.05, 4.69) is 40.7 Å². The lowest BCUT2D eigenvalue weighted by atomic mass is 9.93.